The fraction of sp³-hybridized carbons (Fsp3) is 0.111. The summed E-state index contributed by atoms with van der Waals surface area (Å²) >= 11 is 5.94. The molecule has 0 saturated carbocycles. The van der Waals surface area contributed by atoms with Gasteiger partial charge in [0.25, 0.3) is 0 Å². The number of carbonyl (C=O) groups is 1. The van der Waals surface area contributed by atoms with Gasteiger partial charge < -0.3 is 10.4 Å². The zero-order valence-electron chi connectivity index (χ0n) is 8.27. The Morgan fingerprint density at radius 2 is 2.31 bits per heavy atom. The van der Waals surface area contributed by atoms with E-state index in [9.17, 15) is 4.79 Å². The van der Waals surface area contributed by atoms with Gasteiger partial charge in [-0.25, -0.2) is 9.78 Å². The van der Waals surface area contributed by atoms with Gasteiger partial charge in [0.05, 0.1) is 5.02 Å². The number of fused-ring (bicyclic) bond motifs is 1. The van der Waals surface area contributed by atoms with Crippen molar-refractivity contribution in [3.8, 4) is 0 Å². The van der Waals surface area contributed by atoms with Gasteiger partial charge in [0, 0.05) is 19.4 Å². The van der Waals surface area contributed by atoms with Gasteiger partial charge in [0.2, 0.25) is 0 Å². The van der Waals surface area contributed by atoms with Crippen molar-refractivity contribution in [3.63, 3.8) is 0 Å². The molecule has 2 N–H and O–H groups in total. The van der Waals surface area contributed by atoms with Crippen LogP contribution >= 0.6 is 24.0 Å². The highest BCUT2D eigenvalue weighted by Crippen LogP contribution is 2.25. The van der Waals surface area contributed by atoms with E-state index >= 15 is 0 Å². The minimum Gasteiger partial charge on any atom is -0.478 e. The second-order valence-electron chi connectivity index (χ2n) is 2.93. The number of nitrogens with zero attached hydrogens (tertiary/aromatic N) is 2. The lowest BCUT2D eigenvalue weighted by Crippen LogP contribution is -2.05. The summed E-state index contributed by atoms with van der Waals surface area (Å²) in [6.45, 7) is 0. The van der Waals surface area contributed by atoms with Crippen molar-refractivity contribution in [2.45, 2.75) is 0 Å². The molecule has 0 aliphatic rings. The second kappa shape index (κ2) is 4.59. The number of hydrogen-bond donors (Lipinski definition) is 2. The predicted octanol–water partition coefficient (Wildman–Crippen LogP) is 2.15. The SMILES string of the molecule is CNc1c(Cl)cc(C(=O)O)c2nccn12.Cl. The predicted molar refractivity (Wildman–Crippen MR) is 64.0 cm³/mol. The lowest BCUT2D eigenvalue weighted by molar-refractivity contribution is 0.0698. The van der Waals surface area contributed by atoms with Gasteiger partial charge >= 0.3 is 5.97 Å². The molecule has 0 spiro atoms. The molecule has 2 aromatic heterocycles. The van der Waals surface area contributed by atoms with Gasteiger partial charge in [0.15, 0.2) is 5.65 Å². The lowest BCUT2D eigenvalue weighted by atomic mass is 10.2. The minimum atomic E-state index is -1.05. The second-order valence-corrected chi connectivity index (χ2v) is 3.34. The third-order valence-electron chi connectivity index (χ3n) is 2.09. The maximum atomic E-state index is 10.9. The molecule has 0 unspecified atom stereocenters. The van der Waals surface area contributed by atoms with Crippen molar-refractivity contribution < 1.29 is 9.90 Å². The van der Waals surface area contributed by atoms with E-state index in [1.807, 2.05) is 0 Å². The van der Waals surface area contributed by atoms with E-state index in [0.29, 0.717) is 16.5 Å². The number of hydrogen-bond acceptors (Lipinski definition) is 3. The highest BCUT2D eigenvalue weighted by Gasteiger charge is 2.15. The average Bonchev–Trinajstić information content (AvgIpc) is 2.64. The molecule has 2 aromatic rings. The van der Waals surface area contributed by atoms with E-state index < -0.39 is 5.97 Å². The van der Waals surface area contributed by atoms with Gasteiger partial charge in [-0.2, -0.15) is 0 Å². The van der Waals surface area contributed by atoms with Crippen LogP contribution in [-0.2, 0) is 0 Å². The van der Waals surface area contributed by atoms with Crippen LogP contribution < -0.4 is 5.32 Å². The zero-order chi connectivity index (χ0) is 11.0. The lowest BCUT2D eigenvalue weighted by Gasteiger charge is -2.08. The van der Waals surface area contributed by atoms with Gasteiger partial charge in [-0.15, -0.1) is 12.4 Å². The Labute approximate surface area is 102 Å². The summed E-state index contributed by atoms with van der Waals surface area (Å²) < 4.78 is 1.60. The molecule has 86 valence electrons. The molecule has 0 radical (unpaired) electrons. The molecule has 0 fully saturated rings. The molecule has 0 saturated heterocycles. The number of aromatic nitrogens is 2. The normalized spacial score (nSPS) is 9.88. The van der Waals surface area contributed by atoms with E-state index in [1.165, 1.54) is 12.3 Å². The van der Waals surface area contributed by atoms with Crippen LogP contribution in [0, 0.1) is 0 Å². The fourth-order valence-electron chi connectivity index (χ4n) is 1.46. The number of nitrogens with one attached hydrogen (secondary N) is 1. The molecule has 0 amide bonds. The van der Waals surface area contributed by atoms with Crippen molar-refractivity contribution in [1.29, 1.82) is 0 Å². The molecule has 16 heavy (non-hydrogen) atoms. The number of anilines is 1. The Morgan fingerprint density at radius 3 is 2.88 bits per heavy atom. The number of rotatable bonds is 2. The molecule has 0 aliphatic carbocycles. The van der Waals surface area contributed by atoms with Crippen LogP contribution in [0.15, 0.2) is 18.5 Å². The average molecular weight is 262 g/mol. The molecule has 2 rings (SSSR count). The maximum absolute atomic E-state index is 10.9. The highest BCUT2D eigenvalue weighted by molar-refractivity contribution is 6.33. The Hall–Kier alpha value is -1.46. The third kappa shape index (κ3) is 1.79. The zero-order valence-corrected chi connectivity index (χ0v) is 9.84. The maximum Gasteiger partial charge on any atom is 0.339 e. The molecule has 0 atom stereocenters. The van der Waals surface area contributed by atoms with E-state index in [1.54, 1.807) is 17.6 Å². The number of carboxylic acids is 1. The van der Waals surface area contributed by atoms with Crippen LogP contribution in [0.3, 0.4) is 0 Å². The number of halogens is 2. The number of aromatic carboxylic acids is 1. The van der Waals surface area contributed by atoms with Gasteiger partial charge in [-0.3, -0.25) is 4.40 Å². The van der Waals surface area contributed by atoms with Crippen LogP contribution in [-0.4, -0.2) is 27.5 Å². The first kappa shape index (κ1) is 12.6. The summed E-state index contributed by atoms with van der Waals surface area (Å²) in [5.74, 6) is -0.426. The monoisotopic (exact) mass is 261 g/mol. The van der Waals surface area contributed by atoms with Crippen molar-refractivity contribution in [3.05, 3.63) is 29.0 Å². The van der Waals surface area contributed by atoms with Crippen molar-refractivity contribution in [2.75, 3.05) is 12.4 Å². The van der Waals surface area contributed by atoms with Gasteiger partial charge in [0.1, 0.15) is 11.4 Å². The van der Waals surface area contributed by atoms with Crippen LogP contribution in [0.25, 0.3) is 5.65 Å². The molecule has 0 aliphatic heterocycles. The Kier molecular flexibility index (Phi) is 3.62. The number of carboxylic acid groups (broad SMARTS) is 1. The Balaban J connectivity index is 0.00000128. The number of imidazole rings is 1. The van der Waals surface area contributed by atoms with Crippen LogP contribution in [0.4, 0.5) is 5.82 Å². The van der Waals surface area contributed by atoms with E-state index in [0.717, 1.165) is 0 Å². The fourth-order valence-corrected chi connectivity index (χ4v) is 1.75. The first-order valence-electron chi connectivity index (χ1n) is 4.21. The highest BCUT2D eigenvalue weighted by atomic mass is 35.5. The van der Waals surface area contributed by atoms with Gasteiger partial charge in [-0.1, -0.05) is 11.6 Å². The Morgan fingerprint density at radius 1 is 1.62 bits per heavy atom. The summed E-state index contributed by atoms with van der Waals surface area (Å²) in [4.78, 5) is 14.9. The topological polar surface area (TPSA) is 66.6 Å². The minimum absolute atomic E-state index is 0. The van der Waals surface area contributed by atoms with Crippen molar-refractivity contribution in [2.24, 2.45) is 0 Å². The standard InChI is InChI=1S/C9H8ClN3O2.ClH/c1-11-8-6(10)4-5(9(14)15)7-12-2-3-13(7)8;/h2-4,11H,1H3,(H,14,15);1H. The molecule has 5 nitrogen and oxygen atoms in total. The molecule has 0 bridgehead atoms. The number of pyridine rings is 1. The van der Waals surface area contributed by atoms with E-state index in [-0.39, 0.29) is 18.0 Å². The largest absolute Gasteiger partial charge is 0.478 e. The first-order valence-corrected chi connectivity index (χ1v) is 4.59. The third-order valence-corrected chi connectivity index (χ3v) is 2.38. The van der Waals surface area contributed by atoms with Crippen molar-refractivity contribution in [1.82, 2.24) is 9.38 Å². The Bertz CT molecular complexity index is 539. The quantitative estimate of drug-likeness (QED) is 0.870. The van der Waals surface area contributed by atoms with Gasteiger partial charge in [-0.05, 0) is 6.07 Å². The van der Waals surface area contributed by atoms with Crippen LogP contribution in [0.2, 0.25) is 5.02 Å². The van der Waals surface area contributed by atoms with E-state index in [2.05, 4.69) is 10.3 Å². The van der Waals surface area contributed by atoms with Crippen LogP contribution in [0.5, 0.6) is 0 Å². The molecular weight excluding hydrogens is 253 g/mol. The molecule has 0 aromatic carbocycles. The summed E-state index contributed by atoms with van der Waals surface area (Å²) in [6, 6.07) is 1.39. The molecule has 7 heteroatoms. The summed E-state index contributed by atoms with van der Waals surface area (Å²) in [5, 5.41) is 12.2. The smallest absolute Gasteiger partial charge is 0.339 e. The van der Waals surface area contributed by atoms with Crippen molar-refractivity contribution >= 4 is 41.4 Å². The summed E-state index contributed by atoms with van der Waals surface area (Å²) in [5.41, 5.74) is 0.459. The van der Waals surface area contributed by atoms with E-state index in [4.69, 9.17) is 16.7 Å². The summed E-state index contributed by atoms with van der Waals surface area (Å²) in [6.07, 6.45) is 3.18. The van der Waals surface area contributed by atoms with Crippen LogP contribution in [0.1, 0.15) is 10.4 Å². The molecular formula is C9H9Cl2N3O2. The summed E-state index contributed by atoms with van der Waals surface area (Å²) in [7, 11) is 1.71. The first-order chi connectivity index (χ1) is 7.15. The molecule has 2 heterocycles.